The van der Waals surface area contributed by atoms with E-state index in [1.165, 1.54) is 0 Å². The van der Waals surface area contributed by atoms with Crippen molar-refractivity contribution in [3.05, 3.63) is 24.3 Å². The van der Waals surface area contributed by atoms with E-state index in [1.54, 1.807) is 19.2 Å². The standard InChI is InChI=1S/C15H21NO4/c1-11(12-8-5-9-19-12)16-15(17)10-20-14-7-4-3-6-13(14)18-2/h3-4,6-7,11-12H,5,8-10H2,1-2H3,(H,16,17)/t11-,12+/m1/s1. The highest BCUT2D eigenvalue weighted by Gasteiger charge is 2.23. The van der Waals surface area contributed by atoms with Gasteiger partial charge in [0.2, 0.25) is 0 Å². The second-order valence-corrected chi connectivity index (χ2v) is 4.85. The first-order valence-electron chi connectivity index (χ1n) is 6.87. The number of carbonyl (C=O) groups excluding carboxylic acids is 1. The van der Waals surface area contributed by atoms with Crippen LogP contribution < -0.4 is 14.8 Å². The van der Waals surface area contributed by atoms with Gasteiger partial charge < -0.3 is 19.5 Å². The Morgan fingerprint density at radius 2 is 2.20 bits per heavy atom. The molecule has 0 aliphatic carbocycles. The molecule has 1 N–H and O–H groups in total. The molecule has 0 bridgehead atoms. The maximum atomic E-state index is 11.9. The molecule has 20 heavy (non-hydrogen) atoms. The largest absolute Gasteiger partial charge is 0.493 e. The quantitative estimate of drug-likeness (QED) is 0.862. The van der Waals surface area contributed by atoms with E-state index in [0.29, 0.717) is 11.5 Å². The highest BCUT2D eigenvalue weighted by Crippen LogP contribution is 2.25. The van der Waals surface area contributed by atoms with Gasteiger partial charge in [-0.1, -0.05) is 12.1 Å². The fourth-order valence-electron chi connectivity index (χ4n) is 2.27. The Labute approximate surface area is 119 Å². The smallest absolute Gasteiger partial charge is 0.258 e. The molecule has 1 fully saturated rings. The Balaban J connectivity index is 1.79. The number of methoxy groups -OCH3 is 1. The summed E-state index contributed by atoms with van der Waals surface area (Å²) in [5.41, 5.74) is 0. The number of hydrogen-bond acceptors (Lipinski definition) is 4. The van der Waals surface area contributed by atoms with E-state index in [0.717, 1.165) is 19.4 Å². The van der Waals surface area contributed by atoms with Gasteiger partial charge in [-0.2, -0.15) is 0 Å². The zero-order valence-electron chi connectivity index (χ0n) is 11.9. The number of rotatable bonds is 6. The normalized spacial score (nSPS) is 19.4. The number of ether oxygens (including phenoxy) is 3. The van der Waals surface area contributed by atoms with Gasteiger partial charge in [0.1, 0.15) is 0 Å². The third kappa shape index (κ3) is 3.87. The van der Waals surface area contributed by atoms with Crippen molar-refractivity contribution >= 4 is 5.91 Å². The molecule has 1 aliphatic rings. The lowest BCUT2D eigenvalue weighted by atomic mass is 10.1. The predicted octanol–water partition coefficient (Wildman–Crippen LogP) is 1.76. The number of carbonyl (C=O) groups is 1. The Bertz CT molecular complexity index is 443. The summed E-state index contributed by atoms with van der Waals surface area (Å²) < 4.78 is 16.2. The van der Waals surface area contributed by atoms with Crippen molar-refractivity contribution < 1.29 is 19.0 Å². The molecule has 2 rings (SSSR count). The van der Waals surface area contributed by atoms with Crippen LogP contribution in [0.25, 0.3) is 0 Å². The molecule has 0 spiro atoms. The van der Waals surface area contributed by atoms with Crippen LogP contribution in [0.15, 0.2) is 24.3 Å². The van der Waals surface area contributed by atoms with Crippen LogP contribution in [0.4, 0.5) is 0 Å². The molecule has 1 amide bonds. The van der Waals surface area contributed by atoms with Crippen molar-refractivity contribution in [2.75, 3.05) is 20.3 Å². The number of nitrogens with one attached hydrogen (secondary N) is 1. The van der Waals surface area contributed by atoms with Gasteiger partial charge in [0.05, 0.1) is 19.3 Å². The zero-order valence-corrected chi connectivity index (χ0v) is 11.9. The summed E-state index contributed by atoms with van der Waals surface area (Å²) in [6.07, 6.45) is 2.17. The molecular formula is C15H21NO4. The van der Waals surface area contributed by atoms with Gasteiger partial charge in [0.25, 0.3) is 5.91 Å². The fraction of sp³-hybridized carbons (Fsp3) is 0.533. The van der Waals surface area contributed by atoms with E-state index >= 15 is 0 Å². The first-order chi connectivity index (χ1) is 9.70. The van der Waals surface area contributed by atoms with Crippen LogP contribution in [0.3, 0.4) is 0 Å². The predicted molar refractivity (Wildman–Crippen MR) is 75.1 cm³/mol. The van der Waals surface area contributed by atoms with Crippen LogP contribution in [0, 0.1) is 0 Å². The molecule has 0 unspecified atom stereocenters. The van der Waals surface area contributed by atoms with E-state index in [1.807, 2.05) is 19.1 Å². The van der Waals surface area contributed by atoms with Crippen LogP contribution in [-0.4, -0.2) is 38.4 Å². The van der Waals surface area contributed by atoms with Crippen LogP contribution in [0.5, 0.6) is 11.5 Å². The van der Waals surface area contributed by atoms with Gasteiger partial charge in [0, 0.05) is 6.61 Å². The topological polar surface area (TPSA) is 56.8 Å². The molecule has 1 aliphatic heterocycles. The van der Waals surface area contributed by atoms with Gasteiger partial charge in [0.15, 0.2) is 18.1 Å². The highest BCUT2D eigenvalue weighted by molar-refractivity contribution is 5.78. The summed E-state index contributed by atoms with van der Waals surface area (Å²) in [6, 6.07) is 7.26. The molecule has 0 radical (unpaired) electrons. The third-order valence-corrected chi connectivity index (χ3v) is 3.34. The number of hydrogen-bond donors (Lipinski definition) is 1. The van der Waals surface area contributed by atoms with Crippen LogP contribution in [-0.2, 0) is 9.53 Å². The molecule has 1 saturated heterocycles. The molecule has 2 atom stereocenters. The van der Waals surface area contributed by atoms with Crippen molar-refractivity contribution in [3.63, 3.8) is 0 Å². The van der Waals surface area contributed by atoms with Gasteiger partial charge in [-0.3, -0.25) is 4.79 Å². The Hall–Kier alpha value is -1.75. The average molecular weight is 279 g/mol. The molecular weight excluding hydrogens is 258 g/mol. The van der Waals surface area contributed by atoms with Crippen molar-refractivity contribution in [1.29, 1.82) is 0 Å². The average Bonchev–Trinajstić information content (AvgIpc) is 2.99. The second-order valence-electron chi connectivity index (χ2n) is 4.85. The first kappa shape index (κ1) is 14.7. The first-order valence-corrected chi connectivity index (χ1v) is 6.87. The van der Waals surface area contributed by atoms with Crippen molar-refractivity contribution in [3.8, 4) is 11.5 Å². The monoisotopic (exact) mass is 279 g/mol. The third-order valence-electron chi connectivity index (χ3n) is 3.34. The number of amides is 1. The van der Waals surface area contributed by atoms with Crippen LogP contribution in [0.1, 0.15) is 19.8 Å². The molecule has 0 saturated carbocycles. The minimum Gasteiger partial charge on any atom is -0.493 e. The molecule has 0 aromatic heterocycles. The Morgan fingerprint density at radius 1 is 1.45 bits per heavy atom. The fourth-order valence-corrected chi connectivity index (χ4v) is 2.27. The Morgan fingerprint density at radius 3 is 2.85 bits per heavy atom. The van der Waals surface area contributed by atoms with Gasteiger partial charge in [-0.15, -0.1) is 0 Å². The highest BCUT2D eigenvalue weighted by atomic mass is 16.5. The van der Waals surface area contributed by atoms with Crippen LogP contribution in [0.2, 0.25) is 0 Å². The van der Waals surface area contributed by atoms with Gasteiger partial charge in [-0.05, 0) is 31.9 Å². The van der Waals surface area contributed by atoms with Crippen molar-refractivity contribution in [2.24, 2.45) is 0 Å². The van der Waals surface area contributed by atoms with Crippen molar-refractivity contribution in [1.82, 2.24) is 5.32 Å². The van der Waals surface area contributed by atoms with E-state index in [4.69, 9.17) is 14.2 Å². The summed E-state index contributed by atoms with van der Waals surface area (Å²) in [6.45, 7) is 2.71. The molecule has 5 nitrogen and oxygen atoms in total. The molecule has 110 valence electrons. The molecule has 1 aromatic carbocycles. The molecule has 5 heteroatoms. The molecule has 1 heterocycles. The number of benzene rings is 1. The summed E-state index contributed by atoms with van der Waals surface area (Å²) in [4.78, 5) is 11.9. The second kappa shape index (κ2) is 7.14. The van der Waals surface area contributed by atoms with Gasteiger partial charge >= 0.3 is 0 Å². The van der Waals surface area contributed by atoms with E-state index in [2.05, 4.69) is 5.32 Å². The maximum Gasteiger partial charge on any atom is 0.258 e. The maximum absolute atomic E-state index is 11.9. The summed E-state index contributed by atoms with van der Waals surface area (Å²) in [5.74, 6) is 1.03. The molecule has 1 aromatic rings. The van der Waals surface area contributed by atoms with E-state index < -0.39 is 0 Å². The zero-order chi connectivity index (χ0) is 14.4. The lowest BCUT2D eigenvalue weighted by Crippen LogP contribution is -2.42. The Kier molecular flexibility index (Phi) is 5.24. The SMILES string of the molecule is COc1ccccc1OCC(=O)N[C@H](C)[C@@H]1CCCO1. The minimum absolute atomic E-state index is 0.00580. The lowest BCUT2D eigenvalue weighted by molar-refractivity contribution is -0.124. The summed E-state index contributed by atoms with van der Waals surface area (Å²) in [5, 5.41) is 2.90. The number of para-hydroxylation sites is 2. The van der Waals surface area contributed by atoms with Gasteiger partial charge in [-0.25, -0.2) is 0 Å². The van der Waals surface area contributed by atoms with E-state index in [-0.39, 0.29) is 24.7 Å². The summed E-state index contributed by atoms with van der Waals surface area (Å²) >= 11 is 0. The van der Waals surface area contributed by atoms with E-state index in [9.17, 15) is 4.79 Å². The van der Waals surface area contributed by atoms with Crippen LogP contribution >= 0.6 is 0 Å². The lowest BCUT2D eigenvalue weighted by Gasteiger charge is -2.20. The van der Waals surface area contributed by atoms with Crippen molar-refractivity contribution in [2.45, 2.75) is 31.9 Å². The minimum atomic E-state index is -0.154. The summed E-state index contributed by atoms with van der Waals surface area (Å²) in [7, 11) is 1.57.